The molecule has 0 heterocycles. The zero-order valence-electron chi connectivity index (χ0n) is 14.2. The van der Waals surface area contributed by atoms with Crippen LogP contribution >= 0.6 is 31.9 Å². The summed E-state index contributed by atoms with van der Waals surface area (Å²) in [4.78, 5) is 0. The number of benzene rings is 3. The van der Waals surface area contributed by atoms with Crippen molar-refractivity contribution in [2.24, 2.45) is 0 Å². The molecule has 0 aromatic heterocycles. The van der Waals surface area contributed by atoms with E-state index in [-0.39, 0.29) is 5.82 Å². The van der Waals surface area contributed by atoms with Gasteiger partial charge in [0.15, 0.2) is 0 Å². The number of ether oxygens (including phenoxy) is 1. The van der Waals surface area contributed by atoms with Crippen LogP contribution < -0.4 is 10.1 Å². The van der Waals surface area contributed by atoms with Crippen molar-refractivity contribution >= 4 is 37.5 Å². The van der Waals surface area contributed by atoms with E-state index in [4.69, 9.17) is 4.74 Å². The number of hydrogen-bond donors (Lipinski definition) is 1. The van der Waals surface area contributed by atoms with Gasteiger partial charge in [-0.15, -0.1) is 0 Å². The first-order valence-electron chi connectivity index (χ1n) is 8.17. The van der Waals surface area contributed by atoms with Gasteiger partial charge in [0.05, 0.1) is 8.95 Å². The normalized spacial score (nSPS) is 10.6. The van der Waals surface area contributed by atoms with Crippen LogP contribution in [-0.4, -0.2) is 0 Å². The molecule has 0 fully saturated rings. The highest BCUT2D eigenvalue weighted by molar-refractivity contribution is 9.11. The van der Waals surface area contributed by atoms with Gasteiger partial charge in [0.1, 0.15) is 18.2 Å². The highest BCUT2D eigenvalue weighted by Gasteiger charge is 2.10. The van der Waals surface area contributed by atoms with Crippen molar-refractivity contribution < 1.29 is 9.13 Å². The predicted octanol–water partition coefficient (Wildman–Crippen LogP) is 6.85. The lowest BCUT2D eigenvalue weighted by Gasteiger charge is -2.13. The fourth-order valence-electron chi connectivity index (χ4n) is 2.51. The molecule has 0 saturated heterocycles. The Balaban J connectivity index is 1.66. The molecule has 2 nitrogen and oxygen atoms in total. The van der Waals surface area contributed by atoms with Crippen molar-refractivity contribution in [2.45, 2.75) is 20.1 Å². The van der Waals surface area contributed by atoms with Crippen LogP contribution in [0.1, 0.15) is 16.7 Å². The minimum atomic E-state index is -0.262. The summed E-state index contributed by atoms with van der Waals surface area (Å²) < 4.78 is 20.8. The monoisotopic (exact) mass is 477 g/mol. The predicted molar refractivity (Wildman–Crippen MR) is 111 cm³/mol. The number of halogens is 3. The molecule has 0 amide bonds. The fourth-order valence-corrected chi connectivity index (χ4v) is 4.02. The van der Waals surface area contributed by atoms with Crippen molar-refractivity contribution in [1.82, 2.24) is 0 Å². The number of aryl methyl sites for hydroxylation is 1. The van der Waals surface area contributed by atoms with Crippen LogP contribution in [0, 0.1) is 12.7 Å². The minimum absolute atomic E-state index is 0.262. The second kappa shape index (κ2) is 8.69. The van der Waals surface area contributed by atoms with Gasteiger partial charge in [-0.1, -0.05) is 29.8 Å². The largest absolute Gasteiger partial charge is 0.487 e. The van der Waals surface area contributed by atoms with Crippen molar-refractivity contribution in [2.75, 3.05) is 5.32 Å². The van der Waals surface area contributed by atoms with Gasteiger partial charge >= 0.3 is 0 Å². The van der Waals surface area contributed by atoms with Crippen LogP contribution in [-0.2, 0) is 13.2 Å². The van der Waals surface area contributed by atoms with E-state index in [0.29, 0.717) is 18.9 Å². The van der Waals surface area contributed by atoms with Crippen LogP contribution in [0.15, 0.2) is 69.6 Å². The van der Waals surface area contributed by atoms with E-state index in [0.717, 1.165) is 25.8 Å². The lowest BCUT2D eigenvalue weighted by atomic mass is 10.2. The van der Waals surface area contributed by atoms with Crippen molar-refractivity contribution in [3.8, 4) is 5.75 Å². The van der Waals surface area contributed by atoms with Crippen molar-refractivity contribution in [3.05, 3.63) is 92.1 Å². The molecule has 26 heavy (non-hydrogen) atoms. The molecule has 134 valence electrons. The van der Waals surface area contributed by atoms with Gasteiger partial charge in [0.2, 0.25) is 0 Å². The second-order valence-corrected chi connectivity index (χ2v) is 7.74. The third-order valence-corrected chi connectivity index (χ3v) is 5.06. The van der Waals surface area contributed by atoms with Gasteiger partial charge in [-0.05, 0) is 86.3 Å². The van der Waals surface area contributed by atoms with E-state index < -0.39 is 0 Å². The lowest BCUT2D eigenvalue weighted by Crippen LogP contribution is -2.01. The van der Waals surface area contributed by atoms with Crippen LogP contribution in [0.5, 0.6) is 5.75 Å². The minimum Gasteiger partial charge on any atom is -0.487 e. The van der Waals surface area contributed by atoms with E-state index in [1.54, 1.807) is 6.07 Å². The summed E-state index contributed by atoms with van der Waals surface area (Å²) in [5, 5.41) is 3.40. The summed E-state index contributed by atoms with van der Waals surface area (Å²) in [5.41, 5.74) is 4.21. The van der Waals surface area contributed by atoms with Gasteiger partial charge in [0.25, 0.3) is 0 Å². The first-order chi connectivity index (χ1) is 12.5. The number of rotatable bonds is 6. The Morgan fingerprint density at radius 1 is 0.923 bits per heavy atom. The fraction of sp³-hybridized carbons (Fsp3) is 0.143. The first kappa shape index (κ1) is 18.9. The Morgan fingerprint density at radius 2 is 1.62 bits per heavy atom. The highest BCUT2D eigenvalue weighted by atomic mass is 79.9. The summed E-state index contributed by atoms with van der Waals surface area (Å²) in [6.07, 6.45) is 0. The van der Waals surface area contributed by atoms with Gasteiger partial charge < -0.3 is 10.1 Å². The smallest absolute Gasteiger partial charge is 0.148 e. The molecule has 0 unspecified atom stereocenters. The summed E-state index contributed by atoms with van der Waals surface area (Å²) in [7, 11) is 0. The number of hydrogen-bond acceptors (Lipinski definition) is 2. The molecule has 3 aromatic carbocycles. The molecule has 0 bridgehead atoms. The summed E-state index contributed by atoms with van der Waals surface area (Å²) in [6.45, 7) is 3.07. The van der Waals surface area contributed by atoms with Crippen LogP contribution in [0.2, 0.25) is 0 Å². The zero-order valence-corrected chi connectivity index (χ0v) is 17.4. The van der Waals surface area contributed by atoms with E-state index >= 15 is 0 Å². The molecule has 0 atom stereocenters. The van der Waals surface area contributed by atoms with Gasteiger partial charge in [0, 0.05) is 12.2 Å². The molecule has 0 radical (unpaired) electrons. The molecule has 1 N–H and O–H groups in total. The maximum Gasteiger partial charge on any atom is 0.148 e. The third-order valence-electron chi connectivity index (χ3n) is 3.88. The topological polar surface area (TPSA) is 21.3 Å². The molecular formula is C21H18Br2FNO. The van der Waals surface area contributed by atoms with Crippen molar-refractivity contribution in [3.63, 3.8) is 0 Å². The second-order valence-electron chi connectivity index (χ2n) is 6.03. The quantitative estimate of drug-likeness (QED) is 0.418. The van der Waals surface area contributed by atoms with E-state index in [1.807, 2.05) is 18.2 Å². The number of nitrogens with one attached hydrogen (secondary N) is 1. The molecule has 0 aliphatic carbocycles. The Morgan fingerprint density at radius 3 is 2.27 bits per heavy atom. The molecule has 0 aliphatic heterocycles. The third kappa shape index (κ3) is 5.08. The average molecular weight is 479 g/mol. The highest BCUT2D eigenvalue weighted by Crippen LogP contribution is 2.35. The average Bonchev–Trinajstić information content (AvgIpc) is 2.60. The Hall–Kier alpha value is -1.85. The maximum atomic E-state index is 13.3. The summed E-state index contributed by atoms with van der Waals surface area (Å²) in [5.74, 6) is 0.440. The standard InChI is InChI=1S/C21H18Br2FNO/c1-14-5-7-18(8-6-14)25-12-16-10-19(22)21(20(23)11-16)26-13-15-3-2-4-17(24)9-15/h2-11,25H,12-13H2,1H3. The van der Waals surface area contributed by atoms with Crippen LogP contribution in [0.3, 0.4) is 0 Å². The van der Waals surface area contributed by atoms with Gasteiger partial charge in [-0.25, -0.2) is 4.39 Å². The summed E-state index contributed by atoms with van der Waals surface area (Å²) >= 11 is 7.13. The Labute approximate surface area is 169 Å². The van der Waals surface area contributed by atoms with Crippen LogP contribution in [0.25, 0.3) is 0 Å². The Kier molecular flexibility index (Phi) is 6.33. The van der Waals surface area contributed by atoms with E-state index in [2.05, 4.69) is 68.4 Å². The zero-order chi connectivity index (χ0) is 18.5. The molecule has 3 aromatic rings. The van der Waals surface area contributed by atoms with E-state index in [1.165, 1.54) is 17.7 Å². The molecule has 0 saturated carbocycles. The van der Waals surface area contributed by atoms with Gasteiger partial charge in [-0.2, -0.15) is 0 Å². The Bertz CT molecular complexity index is 874. The molecule has 0 spiro atoms. The van der Waals surface area contributed by atoms with Crippen molar-refractivity contribution in [1.29, 1.82) is 0 Å². The molecule has 5 heteroatoms. The first-order valence-corrected chi connectivity index (χ1v) is 9.75. The molecule has 0 aliphatic rings. The SMILES string of the molecule is Cc1ccc(NCc2cc(Br)c(OCc3cccc(F)c3)c(Br)c2)cc1. The van der Waals surface area contributed by atoms with Gasteiger partial charge in [-0.3, -0.25) is 0 Å². The lowest BCUT2D eigenvalue weighted by molar-refractivity contribution is 0.301. The molecule has 3 rings (SSSR count). The van der Waals surface area contributed by atoms with Crippen LogP contribution in [0.4, 0.5) is 10.1 Å². The maximum absolute atomic E-state index is 13.3. The molecular weight excluding hydrogens is 461 g/mol. The number of anilines is 1. The summed E-state index contributed by atoms with van der Waals surface area (Å²) in [6, 6.07) is 18.7. The van der Waals surface area contributed by atoms with E-state index in [9.17, 15) is 4.39 Å².